The monoisotopic (exact) mass is 393 g/mol. The standard InChI is InChI=1S/C12H14IN2O5/c1-2-14(17)7-8-20-12(16)11(13)9-3-5-10(6-4-9)15(18)19/h3-6,11H,2,7-8H2,1H3. The Bertz CT molecular complexity index is 465. The van der Waals surface area contributed by atoms with Crippen molar-refractivity contribution < 1.29 is 19.7 Å². The van der Waals surface area contributed by atoms with Gasteiger partial charge >= 0.3 is 5.97 Å². The molecule has 1 aromatic carbocycles. The Labute approximate surface area is 129 Å². The van der Waals surface area contributed by atoms with Crippen molar-refractivity contribution in [3.05, 3.63) is 39.9 Å². The number of benzene rings is 1. The van der Waals surface area contributed by atoms with E-state index in [1.165, 1.54) is 24.3 Å². The lowest BCUT2D eigenvalue weighted by molar-refractivity contribution is -0.384. The van der Waals surface area contributed by atoms with Gasteiger partial charge in [0.05, 0.1) is 11.5 Å². The summed E-state index contributed by atoms with van der Waals surface area (Å²) in [6.45, 7) is 2.22. The maximum Gasteiger partial charge on any atom is 0.323 e. The van der Waals surface area contributed by atoms with Crippen LogP contribution < -0.4 is 0 Å². The molecule has 0 saturated heterocycles. The second-order valence-electron chi connectivity index (χ2n) is 3.90. The number of hydrogen-bond donors (Lipinski definition) is 0. The van der Waals surface area contributed by atoms with Crippen LogP contribution in [0.1, 0.15) is 16.4 Å². The van der Waals surface area contributed by atoms with E-state index in [4.69, 9.17) is 4.74 Å². The third-order valence-electron chi connectivity index (χ3n) is 2.54. The van der Waals surface area contributed by atoms with E-state index >= 15 is 0 Å². The molecule has 0 amide bonds. The van der Waals surface area contributed by atoms with Crippen LogP contribution in [-0.4, -0.2) is 35.7 Å². The summed E-state index contributed by atoms with van der Waals surface area (Å²) in [5.41, 5.74) is 0.589. The first-order chi connectivity index (χ1) is 9.45. The summed E-state index contributed by atoms with van der Waals surface area (Å²) < 4.78 is 4.43. The fraction of sp³-hybridized carbons (Fsp3) is 0.417. The molecule has 0 N–H and O–H groups in total. The minimum atomic E-state index is -0.560. The highest BCUT2D eigenvalue weighted by atomic mass is 127. The van der Waals surface area contributed by atoms with Crippen LogP contribution in [0.4, 0.5) is 5.69 Å². The van der Waals surface area contributed by atoms with E-state index in [2.05, 4.69) is 0 Å². The number of esters is 1. The fourth-order valence-corrected chi connectivity index (χ4v) is 1.98. The van der Waals surface area contributed by atoms with Gasteiger partial charge in [-0.05, 0) is 12.5 Å². The predicted octanol–water partition coefficient (Wildman–Crippen LogP) is 2.28. The molecule has 7 nitrogen and oxygen atoms in total. The highest BCUT2D eigenvalue weighted by Crippen LogP contribution is 2.26. The van der Waals surface area contributed by atoms with E-state index in [1.807, 2.05) is 22.6 Å². The van der Waals surface area contributed by atoms with Gasteiger partial charge in [-0.25, -0.2) is 0 Å². The van der Waals surface area contributed by atoms with Crippen molar-refractivity contribution in [1.29, 1.82) is 0 Å². The van der Waals surface area contributed by atoms with Crippen LogP contribution in [0.2, 0.25) is 0 Å². The minimum Gasteiger partial charge on any atom is -0.463 e. The Morgan fingerprint density at radius 3 is 2.55 bits per heavy atom. The van der Waals surface area contributed by atoms with Gasteiger partial charge in [0.15, 0.2) is 0 Å². The van der Waals surface area contributed by atoms with Crippen molar-refractivity contribution >= 4 is 34.2 Å². The highest BCUT2D eigenvalue weighted by molar-refractivity contribution is 14.1. The Balaban J connectivity index is 2.53. The summed E-state index contributed by atoms with van der Waals surface area (Å²) in [7, 11) is 0. The van der Waals surface area contributed by atoms with Crippen LogP contribution in [0.15, 0.2) is 24.3 Å². The van der Waals surface area contributed by atoms with Crippen LogP contribution in [0.3, 0.4) is 0 Å². The average Bonchev–Trinajstić information content (AvgIpc) is 2.46. The SMILES string of the molecule is CCN([O])CCOC(=O)C(I)c1ccc([N+](=O)[O-])cc1. The molecule has 0 aliphatic heterocycles. The Kier molecular flexibility index (Phi) is 6.82. The lowest BCUT2D eigenvalue weighted by atomic mass is 10.1. The van der Waals surface area contributed by atoms with Crippen molar-refractivity contribution in [2.24, 2.45) is 0 Å². The molecule has 0 saturated carbocycles. The van der Waals surface area contributed by atoms with E-state index < -0.39 is 14.8 Å². The summed E-state index contributed by atoms with van der Waals surface area (Å²) in [4.78, 5) is 21.8. The lowest BCUT2D eigenvalue weighted by Gasteiger charge is -2.12. The number of carbonyl (C=O) groups excluding carboxylic acids is 1. The first-order valence-electron chi connectivity index (χ1n) is 5.92. The second kappa shape index (κ2) is 8.12. The number of hydroxylamine groups is 2. The fourth-order valence-electron chi connectivity index (χ4n) is 1.38. The van der Waals surface area contributed by atoms with Crippen molar-refractivity contribution in [2.45, 2.75) is 10.8 Å². The van der Waals surface area contributed by atoms with Crippen molar-refractivity contribution in [3.8, 4) is 0 Å². The molecule has 1 rings (SSSR count). The maximum absolute atomic E-state index is 11.7. The molecule has 1 aromatic rings. The molecule has 8 heteroatoms. The molecule has 1 atom stereocenters. The number of rotatable bonds is 7. The molecule has 0 spiro atoms. The zero-order chi connectivity index (χ0) is 15.1. The van der Waals surface area contributed by atoms with Gasteiger partial charge in [0.25, 0.3) is 5.69 Å². The highest BCUT2D eigenvalue weighted by Gasteiger charge is 2.19. The third-order valence-corrected chi connectivity index (χ3v) is 3.77. The number of nitro groups is 1. The smallest absolute Gasteiger partial charge is 0.323 e. The minimum absolute atomic E-state index is 0.0304. The second-order valence-corrected chi connectivity index (χ2v) is 5.15. The number of ether oxygens (including phenoxy) is 1. The summed E-state index contributed by atoms with van der Waals surface area (Å²) >= 11 is 1.89. The quantitative estimate of drug-likeness (QED) is 0.233. The number of halogens is 1. The molecule has 1 unspecified atom stereocenters. The van der Waals surface area contributed by atoms with Crippen molar-refractivity contribution in [1.82, 2.24) is 5.06 Å². The molecule has 0 heterocycles. The van der Waals surface area contributed by atoms with Crippen molar-refractivity contribution in [3.63, 3.8) is 0 Å². The van der Waals surface area contributed by atoms with Crippen LogP contribution in [0.5, 0.6) is 0 Å². The molecular formula is C12H14IN2O5. The predicted molar refractivity (Wildman–Crippen MR) is 78.7 cm³/mol. The molecule has 0 bridgehead atoms. The Morgan fingerprint density at radius 1 is 1.45 bits per heavy atom. The molecule has 20 heavy (non-hydrogen) atoms. The van der Waals surface area contributed by atoms with Crippen LogP contribution in [0, 0.1) is 10.1 Å². The average molecular weight is 393 g/mol. The summed E-state index contributed by atoms with van der Waals surface area (Å²) in [5, 5.41) is 22.3. The number of nitro benzene ring substituents is 1. The van der Waals surface area contributed by atoms with Gasteiger partial charge in [0.1, 0.15) is 10.5 Å². The van der Waals surface area contributed by atoms with E-state index in [1.54, 1.807) is 6.92 Å². The topological polar surface area (TPSA) is 92.6 Å². The first kappa shape index (κ1) is 16.8. The summed E-state index contributed by atoms with van der Waals surface area (Å²) in [6, 6.07) is 5.71. The zero-order valence-corrected chi connectivity index (χ0v) is 13.0. The number of carbonyl (C=O) groups is 1. The lowest BCUT2D eigenvalue weighted by Crippen LogP contribution is -2.24. The first-order valence-corrected chi connectivity index (χ1v) is 7.17. The van der Waals surface area contributed by atoms with Gasteiger partial charge in [-0.3, -0.25) is 14.9 Å². The van der Waals surface area contributed by atoms with Crippen LogP contribution in [0.25, 0.3) is 0 Å². The maximum atomic E-state index is 11.7. The van der Waals surface area contributed by atoms with E-state index in [0.29, 0.717) is 12.1 Å². The number of non-ortho nitro benzene ring substituents is 1. The molecule has 109 valence electrons. The molecule has 0 aliphatic rings. The number of likely N-dealkylation sites (N-methyl/N-ethyl adjacent to an activating group) is 1. The molecular weight excluding hydrogens is 379 g/mol. The third kappa shape index (κ3) is 5.02. The largest absolute Gasteiger partial charge is 0.463 e. The van der Waals surface area contributed by atoms with Gasteiger partial charge in [-0.2, -0.15) is 5.06 Å². The van der Waals surface area contributed by atoms with Gasteiger partial charge in [-0.1, -0.05) is 34.7 Å². The molecule has 0 aliphatic carbocycles. The summed E-state index contributed by atoms with van der Waals surface area (Å²) in [6.07, 6.45) is 0. The van der Waals surface area contributed by atoms with Crippen molar-refractivity contribution in [2.75, 3.05) is 19.7 Å². The normalized spacial score (nSPS) is 12.2. The number of alkyl halides is 1. The number of hydrogen-bond acceptors (Lipinski definition) is 5. The van der Waals surface area contributed by atoms with Gasteiger partial charge in [0, 0.05) is 18.7 Å². The van der Waals surface area contributed by atoms with Crippen LogP contribution >= 0.6 is 22.6 Å². The van der Waals surface area contributed by atoms with Gasteiger partial charge in [-0.15, -0.1) is 5.21 Å². The molecule has 0 fully saturated rings. The van der Waals surface area contributed by atoms with E-state index in [-0.39, 0.29) is 18.8 Å². The molecule has 1 radical (unpaired) electrons. The van der Waals surface area contributed by atoms with E-state index in [0.717, 1.165) is 5.06 Å². The zero-order valence-electron chi connectivity index (χ0n) is 10.8. The number of nitrogens with zero attached hydrogens (tertiary/aromatic N) is 2. The van der Waals surface area contributed by atoms with E-state index in [9.17, 15) is 20.1 Å². The molecule has 0 aromatic heterocycles. The van der Waals surface area contributed by atoms with Gasteiger partial charge < -0.3 is 4.74 Å². The van der Waals surface area contributed by atoms with Gasteiger partial charge in [0.2, 0.25) is 0 Å². The summed E-state index contributed by atoms with van der Waals surface area (Å²) in [5.74, 6) is -0.469. The Morgan fingerprint density at radius 2 is 2.05 bits per heavy atom. The van der Waals surface area contributed by atoms with Crippen LogP contribution in [-0.2, 0) is 14.7 Å². The Hall–Kier alpha value is -1.26.